The van der Waals surface area contributed by atoms with Gasteiger partial charge in [-0.05, 0) is 182 Å². The Balaban J connectivity index is 0.000000309. The number of imidazole rings is 3. The smallest absolute Gasteiger partial charge is 0.198 e. The number of thiazole rings is 2. The average molecular weight is 1940 g/mol. The van der Waals surface area contributed by atoms with Crippen LogP contribution in [0.5, 0.6) is 0 Å². The number of nitrogens with one attached hydrogen (secondary N) is 2. The van der Waals surface area contributed by atoms with Crippen LogP contribution in [0.25, 0.3) is 31.5 Å². The maximum absolute atomic E-state index is 5.52. The van der Waals surface area contributed by atoms with Crippen molar-refractivity contribution in [3.8, 4) is 0 Å². The Labute approximate surface area is 838 Å². The first-order chi connectivity index (χ1) is 66.0. The molecule has 0 atom stereocenters. The molecule has 2 N–H and O–H groups in total. The van der Waals surface area contributed by atoms with Gasteiger partial charge in [-0.15, -0.1) is 34.0 Å². The summed E-state index contributed by atoms with van der Waals surface area (Å²) in [7, 11) is 0. The van der Waals surface area contributed by atoms with Gasteiger partial charge in [-0.25, -0.2) is 64.8 Å². The summed E-state index contributed by atoms with van der Waals surface area (Å²) in [4.78, 5) is 71.7. The molecule has 0 aliphatic carbocycles. The maximum Gasteiger partial charge on any atom is 0.198 e. The fourth-order valence-electron chi connectivity index (χ4n) is 10.9. The molecule has 0 bridgehead atoms. The lowest BCUT2D eigenvalue weighted by atomic mass is 10.1. The summed E-state index contributed by atoms with van der Waals surface area (Å²) in [5.74, 6) is 10.6. The first kappa shape index (κ1) is 118. The van der Waals surface area contributed by atoms with Crippen LogP contribution in [-0.4, -0.2) is 119 Å². The fraction of sp³-hybridized carbons (Fsp3) is 0.413. The van der Waals surface area contributed by atoms with Gasteiger partial charge < -0.3 is 19.0 Å². The molecule has 0 unspecified atom stereocenters. The molecule has 138 heavy (non-hydrogen) atoms. The Morgan fingerprint density at radius 2 is 0.935 bits per heavy atom. The standard InChI is InChI=1S/C10H11NO.C10H11NS.C9H10N2S.3C8H11N.3C7H10N2.4C6H10N2.C6H9NS.C5H8N2S/c2*1-7(2)10-11-8-5-3-4-6-9(8)12-10;1-6(2)8-9-7(3-4-12-9)10-5-11-8;1-7(2)8-3-5-9-6-4-8;1-7(2)8-4-3-5-9-6-8;1-7(2)8-5-3-4-6-9-8;1-6(2)7-3-4-8-5-9-7;1-6(2)7-8-4-3-5-9-7;1-6(2)7-4-3-5-8-9-7;1-6(2)8-4-3-7-5-8;1-6(2)8-5-3-4-7-8;3*1-5(2)6-7-3-4-8-6;1-4(2)5-6-3-7-8-5/h2*3-7H,1-2H3;3-6H,1-2H3;3*3-7H,1-2H3;3*3-6H,1-2H3;2*3-6H,1-2H3;2*3-5H,1-2H3,(H,7,8);3-5H,1-2H3;3-4H,1-2H3. The number of nitrogens with zero attached hydrogens (tertiary/aromatic N) is 22. The van der Waals surface area contributed by atoms with E-state index in [2.05, 4.69) is 351 Å². The van der Waals surface area contributed by atoms with Gasteiger partial charge in [-0.3, -0.25) is 19.6 Å². The number of thiophene rings is 1. The lowest BCUT2D eigenvalue weighted by Gasteiger charge is -2.03. The van der Waals surface area contributed by atoms with Crippen LogP contribution in [0.2, 0.25) is 0 Å². The summed E-state index contributed by atoms with van der Waals surface area (Å²) < 4.78 is 15.9. The van der Waals surface area contributed by atoms with Crippen molar-refractivity contribution in [2.75, 3.05) is 0 Å². The van der Waals surface area contributed by atoms with E-state index in [1.165, 1.54) is 42.1 Å². The van der Waals surface area contributed by atoms with Crippen LogP contribution >= 0.6 is 45.5 Å². The zero-order valence-corrected chi connectivity index (χ0v) is 90.3. The highest BCUT2D eigenvalue weighted by molar-refractivity contribution is 7.18. The monoisotopic (exact) mass is 1940 g/mol. The second-order valence-corrected chi connectivity index (χ2v) is 39.7. The minimum atomic E-state index is 0.359. The SMILES string of the molecule is CC(C)c1ccccn1.CC(C)c1cccnc1.CC(C)c1cccnn1.CC(C)c1ccncc1.CC(C)c1ccncn1.CC(C)c1nc2ccccc2o1.CC(C)c1nc2ccccc2s1.CC(C)c1ncc[nH]1.CC(C)c1ncc[nH]1.CC(C)c1ncccn1.CC(C)c1nccs1.CC(C)c1ncnc2ccsc12.CC(C)c1ncns1.CC(C)n1cccn1.CC(C)n1ccnc1. The Morgan fingerprint density at radius 1 is 0.333 bits per heavy atom. The lowest BCUT2D eigenvalue weighted by Crippen LogP contribution is -1.99. The van der Waals surface area contributed by atoms with Crippen molar-refractivity contribution >= 4 is 77.1 Å². The third-order valence-electron chi connectivity index (χ3n) is 19.0. The molecule has 25 nitrogen and oxygen atoms in total. The molecule has 0 spiro atoms. The van der Waals surface area contributed by atoms with Gasteiger partial charge in [-0.2, -0.15) is 19.7 Å². The van der Waals surface area contributed by atoms with E-state index in [4.69, 9.17) is 4.42 Å². The third kappa shape index (κ3) is 48.5. The van der Waals surface area contributed by atoms with Gasteiger partial charge in [0.25, 0.3) is 0 Å². The number of hydrogen-bond acceptors (Lipinski definition) is 25. The first-order valence-corrected chi connectivity index (χ1v) is 50.8. The molecule has 0 aliphatic rings. The molecule has 0 aliphatic heterocycles. The highest BCUT2D eigenvalue weighted by atomic mass is 32.1. The molecule has 0 amide bonds. The second-order valence-electron chi connectivity index (χ2n) is 35.9. The zero-order valence-electron chi connectivity index (χ0n) is 87.0. The van der Waals surface area contributed by atoms with Gasteiger partial charge in [0.2, 0.25) is 0 Å². The minimum Gasteiger partial charge on any atom is -0.440 e. The van der Waals surface area contributed by atoms with Gasteiger partial charge in [0.15, 0.2) is 11.5 Å². The predicted molar refractivity (Wildman–Crippen MR) is 577 cm³/mol. The van der Waals surface area contributed by atoms with Gasteiger partial charge in [0.05, 0.1) is 48.2 Å². The number of aromatic amines is 2. The van der Waals surface area contributed by atoms with Crippen LogP contribution in [0.3, 0.4) is 0 Å². The number of hydrogen-bond donors (Lipinski definition) is 2. The number of oxazole rings is 1. The minimum absolute atomic E-state index is 0.359. The molecular formula is C109H152N24OS4. The summed E-state index contributed by atoms with van der Waals surface area (Å²) in [6.45, 7) is 63.8. The van der Waals surface area contributed by atoms with E-state index in [1.54, 1.807) is 109 Å². The van der Waals surface area contributed by atoms with E-state index in [-0.39, 0.29) is 0 Å². The number of para-hydroxylation sites is 3. The number of H-pyrrole nitrogens is 2. The molecule has 16 heterocycles. The lowest BCUT2D eigenvalue weighted by molar-refractivity contribution is 0.501. The van der Waals surface area contributed by atoms with Gasteiger partial charge in [-0.1, -0.05) is 216 Å². The van der Waals surface area contributed by atoms with Crippen molar-refractivity contribution in [3.05, 3.63) is 347 Å². The number of aromatic nitrogens is 24. The quantitative estimate of drug-likeness (QED) is 0.0963. The Kier molecular flexibility index (Phi) is 57.9. The molecular weight excluding hydrogens is 1790 g/mol. The zero-order chi connectivity index (χ0) is 102. The van der Waals surface area contributed by atoms with E-state index < -0.39 is 0 Å². The summed E-state index contributed by atoms with van der Waals surface area (Å²) in [6.07, 6.45) is 39.4. The molecule has 0 saturated carbocycles. The first-order valence-electron chi connectivity index (χ1n) is 47.5. The molecule has 29 heteroatoms. The average Bonchev–Trinajstić information content (AvgIpc) is 1.64. The third-order valence-corrected chi connectivity index (χ3v) is 23.3. The maximum atomic E-state index is 5.52. The molecule has 2 aromatic carbocycles. The number of rotatable bonds is 15. The summed E-state index contributed by atoms with van der Waals surface area (Å²) in [5.41, 5.74) is 11.2. The summed E-state index contributed by atoms with van der Waals surface area (Å²) in [6, 6.07) is 42.9. The molecule has 18 aromatic rings. The molecule has 18 rings (SSSR count). The van der Waals surface area contributed by atoms with Crippen molar-refractivity contribution in [2.24, 2.45) is 0 Å². The van der Waals surface area contributed by atoms with E-state index >= 15 is 0 Å². The van der Waals surface area contributed by atoms with Crippen molar-refractivity contribution in [3.63, 3.8) is 0 Å². The number of benzene rings is 2. The normalized spacial score (nSPS) is 10.5. The van der Waals surface area contributed by atoms with Crippen molar-refractivity contribution in [1.29, 1.82) is 0 Å². The highest BCUT2D eigenvalue weighted by Gasteiger charge is 2.12. The van der Waals surface area contributed by atoms with Gasteiger partial charge in [0, 0.05) is 182 Å². The van der Waals surface area contributed by atoms with Crippen LogP contribution in [-0.2, 0) is 0 Å². The van der Waals surface area contributed by atoms with Crippen molar-refractivity contribution < 1.29 is 4.42 Å². The summed E-state index contributed by atoms with van der Waals surface area (Å²) in [5, 5.41) is 19.4. The Hall–Kier alpha value is -12.4. The molecule has 16 aromatic heterocycles. The van der Waals surface area contributed by atoms with E-state index in [0.717, 1.165) is 73.3 Å². The molecule has 0 saturated heterocycles. The molecule has 0 fully saturated rings. The second kappa shape index (κ2) is 67.7. The number of fused-ring (bicyclic) bond motifs is 3. The molecule has 738 valence electrons. The fourth-order valence-corrected chi connectivity index (χ4v) is 14.0. The summed E-state index contributed by atoms with van der Waals surface area (Å²) >= 11 is 6.70. The van der Waals surface area contributed by atoms with Gasteiger partial charge >= 0.3 is 0 Å². The number of pyridine rings is 3. The van der Waals surface area contributed by atoms with Crippen LogP contribution in [0.4, 0.5) is 0 Å². The van der Waals surface area contributed by atoms with Crippen molar-refractivity contribution in [1.82, 2.24) is 119 Å². The van der Waals surface area contributed by atoms with Crippen LogP contribution in [0, 0.1) is 0 Å². The van der Waals surface area contributed by atoms with Crippen LogP contribution < -0.4 is 0 Å². The van der Waals surface area contributed by atoms with Gasteiger partial charge in [0.1, 0.15) is 47.0 Å². The van der Waals surface area contributed by atoms with E-state index in [1.807, 2.05) is 175 Å². The van der Waals surface area contributed by atoms with E-state index in [0.29, 0.717) is 89.0 Å². The van der Waals surface area contributed by atoms with Crippen LogP contribution in [0.15, 0.2) is 279 Å². The van der Waals surface area contributed by atoms with E-state index in [9.17, 15) is 0 Å². The van der Waals surface area contributed by atoms with Crippen LogP contribution in [0.1, 0.15) is 369 Å². The Morgan fingerprint density at radius 3 is 1.31 bits per heavy atom. The van der Waals surface area contributed by atoms with Crippen molar-refractivity contribution in [2.45, 2.75) is 297 Å². The largest absolute Gasteiger partial charge is 0.440 e. The molecule has 0 radical (unpaired) electrons. The topological polar surface area (TPSA) is 312 Å². The highest BCUT2D eigenvalue weighted by Crippen LogP contribution is 2.29. The Bertz CT molecular complexity index is 5060. The predicted octanol–water partition coefficient (Wildman–Crippen LogP) is 30.5.